The van der Waals surface area contributed by atoms with Crippen LogP contribution < -0.4 is 10.1 Å². The van der Waals surface area contributed by atoms with Crippen molar-refractivity contribution in [3.63, 3.8) is 0 Å². The van der Waals surface area contributed by atoms with Gasteiger partial charge in [0.1, 0.15) is 22.5 Å². The van der Waals surface area contributed by atoms with Gasteiger partial charge in [-0.1, -0.05) is 11.6 Å². The first kappa shape index (κ1) is 14.3. The number of halogens is 1. The summed E-state index contributed by atoms with van der Waals surface area (Å²) in [6.07, 6.45) is 0.639. The van der Waals surface area contributed by atoms with Gasteiger partial charge in [0.2, 0.25) is 0 Å². The fraction of sp³-hybridized carbons (Fsp3) is 0.214. The van der Waals surface area contributed by atoms with Crippen molar-refractivity contribution in [1.82, 2.24) is 9.97 Å². The third-order valence-electron chi connectivity index (χ3n) is 2.79. The van der Waals surface area contributed by atoms with E-state index in [9.17, 15) is 4.79 Å². The molecule has 0 saturated carbocycles. The summed E-state index contributed by atoms with van der Waals surface area (Å²) < 4.78 is 5.20. The minimum Gasteiger partial charge on any atom is -0.496 e. The predicted octanol–water partition coefficient (Wildman–Crippen LogP) is 3.31. The number of benzene rings is 1. The molecule has 0 atom stereocenters. The topological polar surface area (TPSA) is 64.1 Å². The average molecular weight is 292 g/mol. The van der Waals surface area contributed by atoms with Crippen molar-refractivity contribution in [2.45, 2.75) is 13.8 Å². The monoisotopic (exact) mass is 291 g/mol. The molecule has 1 aromatic heterocycles. The van der Waals surface area contributed by atoms with E-state index in [2.05, 4.69) is 15.3 Å². The molecular formula is C14H14ClN3O2. The van der Waals surface area contributed by atoms with Crippen LogP contribution in [0.3, 0.4) is 0 Å². The number of carbonyl (C=O) groups is 1. The standard InChI is InChI=1S/C14H14ClN3O2/c1-8-6-10(4-5-12(8)20-3)18-14-11(7-19)13(15)16-9(2)17-14/h4-7H,1-3H3,(H,16,17,18). The van der Waals surface area contributed by atoms with E-state index in [0.717, 1.165) is 17.0 Å². The molecular weight excluding hydrogens is 278 g/mol. The lowest BCUT2D eigenvalue weighted by Gasteiger charge is -2.11. The van der Waals surface area contributed by atoms with Crippen molar-refractivity contribution >= 4 is 29.4 Å². The largest absolute Gasteiger partial charge is 0.496 e. The molecule has 0 bridgehead atoms. The van der Waals surface area contributed by atoms with Crippen LogP contribution in [-0.2, 0) is 0 Å². The van der Waals surface area contributed by atoms with Gasteiger partial charge in [-0.05, 0) is 37.6 Å². The summed E-state index contributed by atoms with van der Waals surface area (Å²) in [7, 11) is 1.62. The van der Waals surface area contributed by atoms with Crippen molar-refractivity contribution in [3.8, 4) is 5.75 Å². The van der Waals surface area contributed by atoms with Gasteiger partial charge >= 0.3 is 0 Å². The number of nitrogens with one attached hydrogen (secondary N) is 1. The van der Waals surface area contributed by atoms with Crippen molar-refractivity contribution in [2.75, 3.05) is 12.4 Å². The Hall–Kier alpha value is -2.14. The number of carbonyl (C=O) groups excluding carboxylic acids is 1. The van der Waals surface area contributed by atoms with Gasteiger partial charge in [0.25, 0.3) is 0 Å². The zero-order valence-electron chi connectivity index (χ0n) is 11.4. The number of aldehydes is 1. The molecule has 5 nitrogen and oxygen atoms in total. The maximum atomic E-state index is 11.1. The molecule has 2 rings (SSSR count). The maximum Gasteiger partial charge on any atom is 0.156 e. The third-order valence-corrected chi connectivity index (χ3v) is 3.07. The summed E-state index contributed by atoms with van der Waals surface area (Å²) in [5, 5.41) is 3.21. The molecule has 2 aromatic rings. The summed E-state index contributed by atoms with van der Waals surface area (Å²) >= 11 is 5.94. The molecule has 1 aromatic carbocycles. The van der Waals surface area contributed by atoms with Gasteiger partial charge in [-0.25, -0.2) is 9.97 Å². The summed E-state index contributed by atoms with van der Waals surface area (Å²) in [6, 6.07) is 5.58. The highest BCUT2D eigenvalue weighted by Gasteiger charge is 2.11. The Morgan fingerprint density at radius 3 is 2.65 bits per heavy atom. The van der Waals surface area contributed by atoms with Crippen LogP contribution in [0.15, 0.2) is 18.2 Å². The minimum atomic E-state index is 0.139. The van der Waals surface area contributed by atoms with Crippen LogP contribution in [0.5, 0.6) is 5.75 Å². The number of aromatic nitrogens is 2. The average Bonchev–Trinajstić information content (AvgIpc) is 2.38. The highest BCUT2D eigenvalue weighted by molar-refractivity contribution is 6.32. The summed E-state index contributed by atoms with van der Waals surface area (Å²) in [5.41, 5.74) is 2.01. The molecule has 0 fully saturated rings. The van der Waals surface area contributed by atoms with E-state index in [1.165, 1.54) is 0 Å². The zero-order valence-corrected chi connectivity index (χ0v) is 12.2. The lowest BCUT2D eigenvalue weighted by Crippen LogP contribution is -2.03. The fourth-order valence-electron chi connectivity index (χ4n) is 1.84. The molecule has 0 aliphatic carbocycles. The van der Waals surface area contributed by atoms with Gasteiger partial charge in [0.05, 0.1) is 12.7 Å². The van der Waals surface area contributed by atoms with Crippen molar-refractivity contribution in [1.29, 1.82) is 0 Å². The van der Waals surface area contributed by atoms with Crippen LogP contribution in [0.4, 0.5) is 11.5 Å². The zero-order chi connectivity index (χ0) is 14.7. The van der Waals surface area contributed by atoms with Crippen LogP contribution >= 0.6 is 11.6 Å². The first-order chi connectivity index (χ1) is 9.55. The van der Waals surface area contributed by atoms with E-state index in [-0.39, 0.29) is 10.7 Å². The van der Waals surface area contributed by atoms with E-state index < -0.39 is 0 Å². The Morgan fingerprint density at radius 1 is 1.30 bits per heavy atom. The van der Waals surface area contributed by atoms with Crippen LogP contribution in [0.1, 0.15) is 21.7 Å². The van der Waals surface area contributed by atoms with Crippen molar-refractivity contribution < 1.29 is 9.53 Å². The van der Waals surface area contributed by atoms with E-state index in [4.69, 9.17) is 16.3 Å². The van der Waals surface area contributed by atoms with E-state index in [0.29, 0.717) is 17.9 Å². The number of aryl methyl sites for hydroxylation is 2. The van der Waals surface area contributed by atoms with Gasteiger partial charge in [-0.3, -0.25) is 4.79 Å². The first-order valence-electron chi connectivity index (χ1n) is 5.96. The van der Waals surface area contributed by atoms with Crippen LogP contribution in [0.2, 0.25) is 5.15 Å². The van der Waals surface area contributed by atoms with Gasteiger partial charge in [-0.15, -0.1) is 0 Å². The molecule has 0 radical (unpaired) electrons. The quantitative estimate of drug-likeness (QED) is 0.691. The second-order valence-electron chi connectivity index (χ2n) is 4.25. The minimum absolute atomic E-state index is 0.139. The Labute approximate surface area is 122 Å². The molecule has 1 heterocycles. The number of anilines is 2. The second-order valence-corrected chi connectivity index (χ2v) is 4.61. The van der Waals surface area contributed by atoms with Gasteiger partial charge in [-0.2, -0.15) is 0 Å². The number of hydrogen-bond donors (Lipinski definition) is 1. The molecule has 0 aliphatic heterocycles. The van der Waals surface area contributed by atoms with Crippen LogP contribution in [-0.4, -0.2) is 23.4 Å². The van der Waals surface area contributed by atoms with Gasteiger partial charge in [0, 0.05) is 5.69 Å². The molecule has 0 spiro atoms. The lowest BCUT2D eigenvalue weighted by atomic mass is 10.2. The smallest absolute Gasteiger partial charge is 0.156 e. The SMILES string of the molecule is COc1ccc(Nc2nc(C)nc(Cl)c2C=O)cc1C. The number of nitrogens with zero attached hydrogens (tertiary/aromatic N) is 2. The highest BCUT2D eigenvalue weighted by Crippen LogP contribution is 2.26. The summed E-state index contributed by atoms with van der Waals surface area (Å²) in [6.45, 7) is 3.65. The molecule has 0 unspecified atom stereocenters. The molecule has 104 valence electrons. The lowest BCUT2D eigenvalue weighted by molar-refractivity contribution is 0.112. The fourth-order valence-corrected chi connectivity index (χ4v) is 2.10. The Kier molecular flexibility index (Phi) is 4.20. The molecule has 0 saturated heterocycles. The van der Waals surface area contributed by atoms with E-state index in [1.54, 1.807) is 14.0 Å². The number of methoxy groups -OCH3 is 1. The predicted molar refractivity (Wildman–Crippen MR) is 78.2 cm³/mol. The van der Waals surface area contributed by atoms with E-state index in [1.807, 2.05) is 25.1 Å². The summed E-state index contributed by atoms with van der Waals surface area (Å²) in [5.74, 6) is 1.68. The Bertz CT molecular complexity index is 659. The Morgan fingerprint density at radius 2 is 2.05 bits per heavy atom. The number of ether oxygens (including phenoxy) is 1. The van der Waals surface area contributed by atoms with Crippen LogP contribution in [0, 0.1) is 13.8 Å². The molecule has 1 N–H and O–H groups in total. The molecule has 6 heteroatoms. The van der Waals surface area contributed by atoms with Gasteiger partial charge in [0.15, 0.2) is 6.29 Å². The normalized spacial score (nSPS) is 10.2. The Balaban J connectivity index is 2.39. The van der Waals surface area contributed by atoms with Crippen molar-refractivity contribution in [2.24, 2.45) is 0 Å². The number of hydrogen-bond acceptors (Lipinski definition) is 5. The summed E-state index contributed by atoms with van der Waals surface area (Å²) in [4.78, 5) is 19.3. The number of rotatable bonds is 4. The second kappa shape index (κ2) is 5.88. The maximum absolute atomic E-state index is 11.1. The first-order valence-corrected chi connectivity index (χ1v) is 6.34. The highest BCUT2D eigenvalue weighted by atomic mass is 35.5. The molecule has 0 aliphatic rings. The molecule has 0 amide bonds. The van der Waals surface area contributed by atoms with Gasteiger partial charge < -0.3 is 10.1 Å². The van der Waals surface area contributed by atoms with Crippen molar-refractivity contribution in [3.05, 3.63) is 40.3 Å². The van der Waals surface area contributed by atoms with Crippen LogP contribution in [0.25, 0.3) is 0 Å². The third kappa shape index (κ3) is 2.88. The van der Waals surface area contributed by atoms with E-state index >= 15 is 0 Å². The molecule has 20 heavy (non-hydrogen) atoms.